The Labute approximate surface area is 103 Å². The van der Waals surface area contributed by atoms with Crippen molar-refractivity contribution in [3.8, 4) is 0 Å². The van der Waals surface area contributed by atoms with Crippen LogP contribution in [0.15, 0.2) is 59.1 Å². The molecular weight excluding hydrogens is 210 g/mol. The van der Waals surface area contributed by atoms with Gasteiger partial charge in [0.1, 0.15) is 5.71 Å². The summed E-state index contributed by atoms with van der Waals surface area (Å²) in [5, 5.41) is 0. The molecule has 0 spiro atoms. The van der Waals surface area contributed by atoms with Crippen molar-refractivity contribution in [2.75, 3.05) is 7.05 Å². The second-order valence-corrected chi connectivity index (χ2v) is 3.86. The molecule has 0 saturated heterocycles. The van der Waals surface area contributed by atoms with Gasteiger partial charge in [-0.05, 0) is 19.4 Å². The molecule has 3 heteroatoms. The van der Waals surface area contributed by atoms with E-state index >= 15 is 0 Å². The molecule has 0 aromatic heterocycles. The van der Waals surface area contributed by atoms with E-state index in [-0.39, 0.29) is 0 Å². The Morgan fingerprint density at radius 2 is 2.06 bits per heavy atom. The molecule has 0 amide bonds. The van der Waals surface area contributed by atoms with Gasteiger partial charge in [-0.3, -0.25) is 9.98 Å². The third-order valence-corrected chi connectivity index (χ3v) is 2.51. The van der Waals surface area contributed by atoms with Crippen molar-refractivity contribution in [2.24, 2.45) is 9.98 Å². The summed E-state index contributed by atoms with van der Waals surface area (Å²) >= 11 is 0. The Kier molecular flexibility index (Phi) is 4.21. The summed E-state index contributed by atoms with van der Waals surface area (Å²) in [6.07, 6.45) is 4.64. The Bertz CT molecular complexity index is 450. The van der Waals surface area contributed by atoms with E-state index in [0.29, 0.717) is 0 Å². The van der Waals surface area contributed by atoms with E-state index in [0.717, 1.165) is 34.9 Å². The first-order chi connectivity index (χ1) is 8.01. The second kappa shape index (κ2) is 5.43. The molecule has 0 bridgehead atoms. The molecule has 0 fully saturated rings. The van der Waals surface area contributed by atoms with E-state index in [1.807, 2.05) is 31.0 Å². The van der Waals surface area contributed by atoms with Crippen molar-refractivity contribution in [3.05, 3.63) is 49.1 Å². The first-order valence-corrected chi connectivity index (χ1v) is 5.57. The topological polar surface area (TPSA) is 28.0 Å². The van der Waals surface area contributed by atoms with Gasteiger partial charge in [0.05, 0.1) is 11.4 Å². The first-order valence-electron chi connectivity index (χ1n) is 5.57. The van der Waals surface area contributed by atoms with Gasteiger partial charge in [0.25, 0.3) is 0 Å². The zero-order valence-corrected chi connectivity index (χ0v) is 10.8. The van der Waals surface area contributed by atoms with Gasteiger partial charge in [0.15, 0.2) is 0 Å². The van der Waals surface area contributed by atoms with Crippen molar-refractivity contribution in [2.45, 2.75) is 20.3 Å². The summed E-state index contributed by atoms with van der Waals surface area (Å²) in [6.45, 7) is 15.8. The van der Waals surface area contributed by atoms with Crippen molar-refractivity contribution in [1.82, 2.24) is 4.90 Å². The van der Waals surface area contributed by atoms with E-state index in [1.54, 1.807) is 7.05 Å². The fourth-order valence-corrected chi connectivity index (χ4v) is 1.52. The van der Waals surface area contributed by atoms with Gasteiger partial charge < -0.3 is 4.90 Å². The van der Waals surface area contributed by atoms with Crippen molar-refractivity contribution >= 4 is 11.4 Å². The van der Waals surface area contributed by atoms with Crippen LogP contribution in [0.3, 0.4) is 0 Å². The number of nitrogens with zero attached hydrogens (tertiary/aromatic N) is 3. The number of hydrogen-bond acceptors (Lipinski definition) is 3. The number of hydrogen-bond donors (Lipinski definition) is 0. The molecule has 0 atom stereocenters. The second-order valence-electron chi connectivity index (χ2n) is 3.86. The minimum absolute atomic E-state index is 0.783. The highest BCUT2D eigenvalue weighted by molar-refractivity contribution is 6.52. The normalized spacial score (nSPS) is 20.2. The van der Waals surface area contributed by atoms with Gasteiger partial charge >= 0.3 is 0 Å². The molecule has 0 aromatic rings. The number of rotatable bonds is 3. The summed E-state index contributed by atoms with van der Waals surface area (Å²) in [5.74, 6) is 0. The standard InChI is InChI=1S/C14H19N3/c1-7-11(4)16-13-8-9-17(10(2)3)12(5)14(13)15-6/h8-9H,2,4-5,7H2,1,3,6H3. The first kappa shape index (κ1) is 13.2. The summed E-state index contributed by atoms with van der Waals surface area (Å²) in [6, 6.07) is 0. The third kappa shape index (κ3) is 2.81. The minimum atomic E-state index is 0.783. The van der Waals surface area contributed by atoms with Crippen LogP contribution in [0.4, 0.5) is 0 Å². The lowest BCUT2D eigenvalue weighted by Gasteiger charge is -2.27. The Morgan fingerprint density at radius 3 is 2.53 bits per heavy atom. The highest BCUT2D eigenvalue weighted by Crippen LogP contribution is 2.19. The minimum Gasteiger partial charge on any atom is -0.320 e. The Balaban J connectivity index is 3.17. The lowest BCUT2D eigenvalue weighted by molar-refractivity contribution is 0.608. The van der Waals surface area contributed by atoms with E-state index in [4.69, 9.17) is 0 Å². The van der Waals surface area contributed by atoms with Gasteiger partial charge in [-0.25, -0.2) is 0 Å². The van der Waals surface area contributed by atoms with Gasteiger partial charge in [-0.15, -0.1) is 0 Å². The molecule has 90 valence electrons. The molecule has 17 heavy (non-hydrogen) atoms. The molecule has 0 N–H and O–H groups in total. The molecule has 1 heterocycles. The molecule has 1 aliphatic heterocycles. The average Bonchev–Trinajstić information content (AvgIpc) is 2.28. The predicted octanol–water partition coefficient (Wildman–Crippen LogP) is 3.30. The molecule has 0 aliphatic carbocycles. The molecule has 3 nitrogen and oxygen atoms in total. The third-order valence-electron chi connectivity index (χ3n) is 2.51. The zero-order chi connectivity index (χ0) is 13.0. The largest absolute Gasteiger partial charge is 0.320 e. The monoisotopic (exact) mass is 229 g/mol. The van der Waals surface area contributed by atoms with Crippen molar-refractivity contribution in [1.29, 1.82) is 0 Å². The molecule has 1 aliphatic rings. The van der Waals surface area contributed by atoms with Crippen LogP contribution in [0.25, 0.3) is 0 Å². The van der Waals surface area contributed by atoms with E-state index < -0.39 is 0 Å². The average molecular weight is 229 g/mol. The summed E-state index contributed by atoms with van der Waals surface area (Å²) in [4.78, 5) is 10.6. The highest BCUT2D eigenvalue weighted by atomic mass is 15.1. The van der Waals surface area contributed by atoms with Crippen LogP contribution in [0, 0.1) is 0 Å². The number of allylic oxidation sites excluding steroid dienone is 4. The van der Waals surface area contributed by atoms with E-state index in [1.165, 1.54) is 0 Å². The Hall–Kier alpha value is -1.90. The van der Waals surface area contributed by atoms with Crippen LogP contribution in [-0.4, -0.2) is 23.4 Å². The maximum absolute atomic E-state index is 4.44. The summed E-state index contributed by atoms with van der Waals surface area (Å²) in [5.41, 5.74) is 4.13. The Morgan fingerprint density at radius 1 is 1.41 bits per heavy atom. The maximum Gasteiger partial charge on any atom is 0.106 e. The van der Waals surface area contributed by atoms with Gasteiger partial charge in [-0.1, -0.05) is 26.7 Å². The SMILES string of the molecule is C=C(CC)N=C1C=CN(C(=C)C)C(=C)C1=NC. The van der Waals surface area contributed by atoms with Crippen LogP contribution in [0.1, 0.15) is 20.3 Å². The van der Waals surface area contributed by atoms with Crippen molar-refractivity contribution < 1.29 is 0 Å². The molecular formula is C14H19N3. The van der Waals surface area contributed by atoms with Crippen LogP contribution in [0.2, 0.25) is 0 Å². The summed E-state index contributed by atoms with van der Waals surface area (Å²) in [7, 11) is 1.74. The van der Waals surface area contributed by atoms with Gasteiger partial charge in [0, 0.05) is 24.6 Å². The van der Waals surface area contributed by atoms with E-state index in [2.05, 4.69) is 29.7 Å². The molecule has 0 saturated carbocycles. The smallest absolute Gasteiger partial charge is 0.106 e. The fourth-order valence-electron chi connectivity index (χ4n) is 1.52. The summed E-state index contributed by atoms with van der Waals surface area (Å²) < 4.78 is 0. The lowest BCUT2D eigenvalue weighted by atomic mass is 10.1. The maximum atomic E-state index is 4.44. The molecule has 0 unspecified atom stereocenters. The number of aliphatic imine (C=N–C) groups is 2. The van der Waals surface area contributed by atoms with Gasteiger partial charge in [-0.2, -0.15) is 0 Å². The molecule has 0 radical (unpaired) electrons. The van der Waals surface area contributed by atoms with Crippen LogP contribution in [-0.2, 0) is 0 Å². The van der Waals surface area contributed by atoms with Gasteiger partial charge in [0.2, 0.25) is 0 Å². The van der Waals surface area contributed by atoms with E-state index in [9.17, 15) is 0 Å². The quantitative estimate of drug-likeness (QED) is 0.729. The zero-order valence-electron chi connectivity index (χ0n) is 10.8. The van der Waals surface area contributed by atoms with Crippen LogP contribution in [0.5, 0.6) is 0 Å². The predicted molar refractivity (Wildman–Crippen MR) is 75.2 cm³/mol. The molecule has 1 rings (SSSR count). The fraction of sp³-hybridized carbons (Fsp3) is 0.286. The van der Waals surface area contributed by atoms with Crippen molar-refractivity contribution in [3.63, 3.8) is 0 Å². The van der Waals surface area contributed by atoms with Crippen LogP contribution >= 0.6 is 0 Å². The highest BCUT2D eigenvalue weighted by Gasteiger charge is 2.20. The lowest BCUT2D eigenvalue weighted by Crippen LogP contribution is -2.29. The van der Waals surface area contributed by atoms with Crippen LogP contribution < -0.4 is 0 Å². The molecule has 0 aromatic carbocycles.